The third-order valence-electron chi connectivity index (χ3n) is 4.85. The van der Waals surface area contributed by atoms with Gasteiger partial charge in [-0.05, 0) is 45.6 Å². The van der Waals surface area contributed by atoms with Crippen LogP contribution in [0.4, 0.5) is 0 Å². The molecule has 0 saturated carbocycles. The van der Waals surface area contributed by atoms with Crippen molar-refractivity contribution in [3.63, 3.8) is 0 Å². The molecule has 0 atom stereocenters. The van der Waals surface area contributed by atoms with E-state index in [0.717, 1.165) is 49.9 Å². The minimum atomic E-state index is 0.486. The first-order chi connectivity index (χ1) is 13.7. The molecule has 1 aliphatic rings. The van der Waals surface area contributed by atoms with Crippen molar-refractivity contribution in [2.45, 2.75) is 19.9 Å². The first kappa shape index (κ1) is 20.4. The van der Waals surface area contributed by atoms with E-state index >= 15 is 0 Å². The largest absolute Gasteiger partial charge is 0.444 e. The number of hydrogen-bond acceptors (Lipinski definition) is 5. The Morgan fingerprint density at radius 3 is 2.82 bits per heavy atom. The highest BCUT2D eigenvalue weighted by Crippen LogP contribution is 2.18. The van der Waals surface area contributed by atoms with Gasteiger partial charge in [0, 0.05) is 38.3 Å². The average Bonchev–Trinajstić information content (AvgIpc) is 3.10. The van der Waals surface area contributed by atoms with Gasteiger partial charge in [-0.3, -0.25) is 0 Å². The smallest absolute Gasteiger partial charge is 0.226 e. The molecular formula is C21H32N6O. The highest BCUT2D eigenvalue weighted by Gasteiger charge is 2.11. The van der Waals surface area contributed by atoms with Crippen LogP contribution in [0, 0.1) is 0 Å². The van der Waals surface area contributed by atoms with Gasteiger partial charge in [0.15, 0.2) is 5.96 Å². The van der Waals surface area contributed by atoms with Crippen LogP contribution in [-0.2, 0) is 6.54 Å². The second-order valence-corrected chi connectivity index (χ2v) is 7.13. The Morgan fingerprint density at radius 1 is 1.14 bits per heavy atom. The van der Waals surface area contributed by atoms with E-state index in [1.807, 2.05) is 30.3 Å². The van der Waals surface area contributed by atoms with Gasteiger partial charge >= 0.3 is 0 Å². The topological polar surface area (TPSA) is 68.9 Å². The standard InChI is InChI=1S/C21H32N6O/c1-3-22-21(23-10-13-27-12-7-11-26(2)14-15-27)24-16-19-17-28-20(25-19)18-8-5-4-6-9-18/h4-6,8-9,17H,3,7,10-16H2,1-2H3,(H2,22,23,24). The maximum Gasteiger partial charge on any atom is 0.226 e. The molecule has 2 N–H and O–H groups in total. The van der Waals surface area contributed by atoms with Gasteiger partial charge in [0.25, 0.3) is 0 Å². The van der Waals surface area contributed by atoms with Crippen molar-refractivity contribution in [2.24, 2.45) is 4.99 Å². The van der Waals surface area contributed by atoms with E-state index < -0.39 is 0 Å². The molecule has 0 aliphatic carbocycles. The average molecular weight is 385 g/mol. The second-order valence-electron chi connectivity index (χ2n) is 7.13. The maximum atomic E-state index is 5.59. The molecule has 1 aliphatic heterocycles. The number of guanidine groups is 1. The molecule has 0 bridgehead atoms. The van der Waals surface area contributed by atoms with Crippen LogP contribution < -0.4 is 10.6 Å². The third kappa shape index (κ3) is 6.35. The lowest BCUT2D eigenvalue weighted by molar-refractivity contribution is 0.280. The highest BCUT2D eigenvalue weighted by molar-refractivity contribution is 5.79. The monoisotopic (exact) mass is 384 g/mol. The molecule has 0 unspecified atom stereocenters. The zero-order valence-electron chi connectivity index (χ0n) is 17.0. The molecule has 152 valence electrons. The quantitative estimate of drug-likeness (QED) is 0.562. The number of nitrogens with one attached hydrogen (secondary N) is 2. The Kier molecular flexibility index (Phi) is 7.87. The highest BCUT2D eigenvalue weighted by atomic mass is 16.3. The van der Waals surface area contributed by atoms with Crippen LogP contribution in [0.15, 0.2) is 46.0 Å². The summed E-state index contributed by atoms with van der Waals surface area (Å²) in [4.78, 5) is 14.1. The Morgan fingerprint density at radius 2 is 2.00 bits per heavy atom. The number of oxazole rings is 1. The maximum absolute atomic E-state index is 5.59. The zero-order valence-corrected chi connectivity index (χ0v) is 17.0. The first-order valence-corrected chi connectivity index (χ1v) is 10.2. The van der Waals surface area contributed by atoms with Crippen LogP contribution in [0.2, 0.25) is 0 Å². The van der Waals surface area contributed by atoms with E-state index in [1.165, 1.54) is 19.5 Å². The molecule has 2 heterocycles. The fraction of sp³-hybridized carbons (Fsp3) is 0.524. The van der Waals surface area contributed by atoms with Crippen molar-refractivity contribution in [1.29, 1.82) is 0 Å². The normalized spacial score (nSPS) is 16.7. The minimum absolute atomic E-state index is 0.486. The van der Waals surface area contributed by atoms with Crippen molar-refractivity contribution in [1.82, 2.24) is 25.4 Å². The van der Waals surface area contributed by atoms with E-state index in [0.29, 0.717) is 12.4 Å². The lowest BCUT2D eigenvalue weighted by Gasteiger charge is -2.21. The molecule has 0 amide bonds. The van der Waals surface area contributed by atoms with Crippen LogP contribution in [0.25, 0.3) is 11.5 Å². The fourth-order valence-corrected chi connectivity index (χ4v) is 3.25. The van der Waals surface area contributed by atoms with Gasteiger partial charge in [0.1, 0.15) is 12.0 Å². The predicted octanol–water partition coefficient (Wildman–Crippen LogP) is 2.03. The van der Waals surface area contributed by atoms with E-state index in [1.54, 1.807) is 6.26 Å². The Bertz CT molecular complexity index is 730. The molecule has 3 rings (SSSR count). The van der Waals surface area contributed by atoms with Gasteiger partial charge in [0.2, 0.25) is 5.89 Å². The van der Waals surface area contributed by atoms with Crippen molar-refractivity contribution < 1.29 is 4.42 Å². The summed E-state index contributed by atoms with van der Waals surface area (Å²) in [6.45, 7) is 9.93. The predicted molar refractivity (Wildman–Crippen MR) is 113 cm³/mol. The number of nitrogens with zero attached hydrogens (tertiary/aromatic N) is 4. The number of aliphatic imine (C=N–C) groups is 1. The summed E-state index contributed by atoms with van der Waals surface area (Å²) < 4.78 is 5.59. The van der Waals surface area contributed by atoms with E-state index in [4.69, 9.17) is 4.42 Å². The summed E-state index contributed by atoms with van der Waals surface area (Å²) in [5.41, 5.74) is 1.80. The van der Waals surface area contributed by atoms with Crippen LogP contribution in [0.5, 0.6) is 0 Å². The molecule has 28 heavy (non-hydrogen) atoms. The summed E-state index contributed by atoms with van der Waals surface area (Å²) in [5, 5.41) is 6.74. The molecule has 1 fully saturated rings. The molecule has 0 radical (unpaired) electrons. The van der Waals surface area contributed by atoms with E-state index in [9.17, 15) is 0 Å². The summed E-state index contributed by atoms with van der Waals surface area (Å²) in [6.07, 6.45) is 2.92. The number of hydrogen-bond donors (Lipinski definition) is 2. The number of likely N-dealkylation sites (N-methyl/N-ethyl adjacent to an activating group) is 1. The summed E-state index contributed by atoms with van der Waals surface area (Å²) in [6, 6.07) is 9.92. The lowest BCUT2D eigenvalue weighted by atomic mass is 10.2. The molecule has 2 aromatic rings. The van der Waals surface area contributed by atoms with E-state index in [2.05, 4.69) is 44.4 Å². The van der Waals surface area contributed by atoms with Gasteiger partial charge in [0.05, 0.1) is 6.54 Å². The fourth-order valence-electron chi connectivity index (χ4n) is 3.25. The van der Waals surface area contributed by atoms with E-state index in [-0.39, 0.29) is 0 Å². The minimum Gasteiger partial charge on any atom is -0.444 e. The first-order valence-electron chi connectivity index (χ1n) is 10.2. The Labute approximate surface area is 167 Å². The van der Waals surface area contributed by atoms with Crippen molar-refractivity contribution in [3.8, 4) is 11.5 Å². The summed E-state index contributed by atoms with van der Waals surface area (Å²) in [7, 11) is 2.20. The number of benzene rings is 1. The SMILES string of the molecule is CCNC(=NCc1coc(-c2ccccc2)n1)NCCN1CCCN(C)CC1. The molecule has 1 saturated heterocycles. The van der Waals surface area contributed by atoms with Gasteiger partial charge in [-0.25, -0.2) is 9.98 Å². The van der Waals surface area contributed by atoms with Gasteiger partial charge in [-0.1, -0.05) is 18.2 Å². The summed E-state index contributed by atoms with van der Waals surface area (Å²) >= 11 is 0. The third-order valence-corrected chi connectivity index (χ3v) is 4.85. The molecule has 0 spiro atoms. The van der Waals surface area contributed by atoms with Crippen LogP contribution in [-0.4, -0.2) is 73.6 Å². The molecule has 7 nitrogen and oxygen atoms in total. The molecule has 7 heteroatoms. The van der Waals surface area contributed by atoms with Crippen LogP contribution in [0.1, 0.15) is 19.0 Å². The Hall–Kier alpha value is -2.38. The van der Waals surface area contributed by atoms with Gasteiger partial charge in [-0.2, -0.15) is 0 Å². The van der Waals surface area contributed by atoms with Crippen molar-refractivity contribution >= 4 is 5.96 Å². The molecular weight excluding hydrogens is 352 g/mol. The van der Waals surface area contributed by atoms with Gasteiger partial charge in [-0.15, -0.1) is 0 Å². The molecule has 1 aromatic carbocycles. The zero-order chi connectivity index (χ0) is 19.6. The lowest BCUT2D eigenvalue weighted by Crippen LogP contribution is -2.42. The van der Waals surface area contributed by atoms with Crippen LogP contribution >= 0.6 is 0 Å². The second kappa shape index (κ2) is 10.8. The van der Waals surface area contributed by atoms with Crippen LogP contribution in [0.3, 0.4) is 0 Å². The Balaban J connectivity index is 1.49. The van der Waals surface area contributed by atoms with Crippen molar-refractivity contribution in [2.75, 3.05) is 52.9 Å². The number of rotatable bonds is 7. The van der Waals surface area contributed by atoms with Crippen molar-refractivity contribution in [3.05, 3.63) is 42.3 Å². The molecule has 1 aromatic heterocycles. The summed E-state index contributed by atoms with van der Waals surface area (Å²) in [5.74, 6) is 1.45. The van der Waals surface area contributed by atoms with Gasteiger partial charge < -0.3 is 24.9 Å². The number of aromatic nitrogens is 1.